The quantitative estimate of drug-likeness (QED) is 0.844. The van der Waals surface area contributed by atoms with E-state index in [1.54, 1.807) is 0 Å². The highest BCUT2D eigenvalue weighted by atomic mass is 32.2. The standard InChI is InChI=1S/C15H28N2S/c1-3-6-17(15-7-11(2)18-10-15)14-8-12-4-5-13(9-14)16-12/h11-16H,3-10H2,1-2H3. The molecule has 0 amide bonds. The van der Waals surface area contributed by atoms with Gasteiger partial charge in [0.1, 0.15) is 0 Å². The van der Waals surface area contributed by atoms with Crippen LogP contribution in [0, 0.1) is 0 Å². The van der Waals surface area contributed by atoms with Gasteiger partial charge in [0.15, 0.2) is 0 Å². The lowest BCUT2D eigenvalue weighted by molar-refractivity contribution is 0.102. The summed E-state index contributed by atoms with van der Waals surface area (Å²) in [5.74, 6) is 1.38. The number of fused-ring (bicyclic) bond motifs is 2. The van der Waals surface area contributed by atoms with E-state index in [0.717, 1.165) is 29.4 Å². The maximum Gasteiger partial charge on any atom is 0.0199 e. The number of nitrogens with one attached hydrogen (secondary N) is 1. The Morgan fingerprint density at radius 2 is 1.83 bits per heavy atom. The maximum absolute atomic E-state index is 3.78. The molecular formula is C15H28N2S. The van der Waals surface area contributed by atoms with Crippen molar-refractivity contribution in [2.45, 2.75) is 81.8 Å². The van der Waals surface area contributed by atoms with Gasteiger partial charge in [-0.05, 0) is 45.1 Å². The minimum absolute atomic E-state index is 0.833. The van der Waals surface area contributed by atoms with E-state index in [1.165, 1.54) is 50.8 Å². The molecule has 3 aliphatic rings. The fraction of sp³-hybridized carbons (Fsp3) is 1.00. The molecule has 4 unspecified atom stereocenters. The summed E-state index contributed by atoms with van der Waals surface area (Å²) >= 11 is 2.18. The van der Waals surface area contributed by atoms with E-state index in [-0.39, 0.29) is 0 Å². The highest BCUT2D eigenvalue weighted by molar-refractivity contribution is 8.00. The summed E-state index contributed by atoms with van der Waals surface area (Å²) in [6, 6.07) is 3.41. The Morgan fingerprint density at radius 3 is 2.39 bits per heavy atom. The van der Waals surface area contributed by atoms with Crippen molar-refractivity contribution < 1.29 is 0 Å². The summed E-state index contributed by atoms with van der Waals surface area (Å²) in [5.41, 5.74) is 0. The molecule has 3 rings (SSSR count). The van der Waals surface area contributed by atoms with E-state index >= 15 is 0 Å². The molecule has 3 aliphatic heterocycles. The van der Waals surface area contributed by atoms with Crippen LogP contribution in [0.5, 0.6) is 0 Å². The third kappa shape index (κ3) is 2.73. The van der Waals surface area contributed by atoms with Crippen LogP contribution in [0.2, 0.25) is 0 Å². The molecule has 18 heavy (non-hydrogen) atoms. The van der Waals surface area contributed by atoms with Gasteiger partial charge in [-0.2, -0.15) is 11.8 Å². The second-order valence-electron chi connectivity index (χ2n) is 6.53. The molecule has 3 heteroatoms. The molecule has 0 spiro atoms. The van der Waals surface area contributed by atoms with Crippen molar-refractivity contribution in [1.29, 1.82) is 0 Å². The number of hydrogen-bond donors (Lipinski definition) is 1. The van der Waals surface area contributed by atoms with Crippen LogP contribution in [0.25, 0.3) is 0 Å². The second kappa shape index (κ2) is 5.72. The van der Waals surface area contributed by atoms with Crippen LogP contribution < -0.4 is 5.32 Å². The Morgan fingerprint density at radius 1 is 1.11 bits per heavy atom. The topological polar surface area (TPSA) is 15.3 Å². The zero-order valence-corrected chi connectivity index (χ0v) is 12.7. The minimum atomic E-state index is 0.833. The first-order valence-electron chi connectivity index (χ1n) is 7.89. The van der Waals surface area contributed by atoms with Gasteiger partial charge in [0.05, 0.1) is 0 Å². The Balaban J connectivity index is 1.65. The van der Waals surface area contributed by atoms with Crippen molar-refractivity contribution >= 4 is 11.8 Å². The predicted octanol–water partition coefficient (Wildman–Crippen LogP) is 2.88. The molecule has 2 bridgehead atoms. The molecular weight excluding hydrogens is 240 g/mol. The summed E-state index contributed by atoms with van der Waals surface area (Å²) < 4.78 is 0. The zero-order chi connectivity index (χ0) is 12.5. The number of thioether (sulfide) groups is 1. The molecule has 2 nitrogen and oxygen atoms in total. The molecule has 0 aromatic carbocycles. The Kier molecular flexibility index (Phi) is 4.21. The van der Waals surface area contributed by atoms with Crippen LogP contribution >= 0.6 is 11.8 Å². The minimum Gasteiger partial charge on any atom is -0.311 e. The molecule has 0 radical (unpaired) electrons. The largest absolute Gasteiger partial charge is 0.311 e. The van der Waals surface area contributed by atoms with E-state index in [0.29, 0.717) is 0 Å². The molecule has 0 aromatic rings. The molecule has 3 heterocycles. The van der Waals surface area contributed by atoms with Crippen molar-refractivity contribution in [3.8, 4) is 0 Å². The molecule has 4 atom stereocenters. The highest BCUT2D eigenvalue weighted by Gasteiger charge is 2.39. The summed E-state index contributed by atoms with van der Waals surface area (Å²) in [4.78, 5) is 2.89. The van der Waals surface area contributed by atoms with Crippen LogP contribution in [-0.2, 0) is 0 Å². The summed E-state index contributed by atoms with van der Waals surface area (Å²) in [6.45, 7) is 6.07. The number of rotatable bonds is 4. The van der Waals surface area contributed by atoms with Gasteiger partial charge in [-0.25, -0.2) is 0 Å². The van der Waals surface area contributed by atoms with Gasteiger partial charge in [-0.15, -0.1) is 0 Å². The van der Waals surface area contributed by atoms with Gasteiger partial charge in [0.25, 0.3) is 0 Å². The van der Waals surface area contributed by atoms with Crippen molar-refractivity contribution in [3.05, 3.63) is 0 Å². The normalized spacial score (nSPS) is 43.8. The van der Waals surface area contributed by atoms with E-state index < -0.39 is 0 Å². The summed E-state index contributed by atoms with van der Waals surface area (Å²) in [6.07, 6.45) is 8.41. The van der Waals surface area contributed by atoms with Gasteiger partial charge < -0.3 is 5.32 Å². The van der Waals surface area contributed by atoms with E-state index in [4.69, 9.17) is 0 Å². The van der Waals surface area contributed by atoms with Crippen molar-refractivity contribution in [2.24, 2.45) is 0 Å². The second-order valence-corrected chi connectivity index (χ2v) is 8.01. The first-order chi connectivity index (χ1) is 8.76. The summed E-state index contributed by atoms with van der Waals surface area (Å²) in [5, 5.41) is 4.67. The molecule has 3 fully saturated rings. The Bertz CT molecular complexity index is 272. The first-order valence-corrected chi connectivity index (χ1v) is 8.94. The third-order valence-electron chi connectivity index (χ3n) is 5.05. The first kappa shape index (κ1) is 13.3. The smallest absolute Gasteiger partial charge is 0.0199 e. The SMILES string of the molecule is CCCN(C1CC2CCC(C1)N2)C1CSC(C)C1. The fourth-order valence-electron chi connectivity index (χ4n) is 4.25. The molecule has 0 aromatic heterocycles. The molecule has 3 saturated heterocycles. The molecule has 1 N–H and O–H groups in total. The average Bonchev–Trinajstić information content (AvgIpc) is 2.92. The molecule has 0 saturated carbocycles. The maximum atomic E-state index is 3.78. The lowest BCUT2D eigenvalue weighted by atomic mass is 9.96. The van der Waals surface area contributed by atoms with Gasteiger partial charge in [0.2, 0.25) is 0 Å². The van der Waals surface area contributed by atoms with E-state index in [9.17, 15) is 0 Å². The lowest BCUT2D eigenvalue weighted by Gasteiger charge is -2.41. The van der Waals surface area contributed by atoms with Crippen LogP contribution in [0.1, 0.15) is 52.4 Å². The molecule has 104 valence electrons. The monoisotopic (exact) mass is 268 g/mol. The summed E-state index contributed by atoms with van der Waals surface area (Å²) in [7, 11) is 0. The fourth-order valence-corrected chi connectivity index (χ4v) is 5.48. The van der Waals surface area contributed by atoms with Gasteiger partial charge in [0, 0.05) is 35.2 Å². The number of nitrogens with zero attached hydrogens (tertiary/aromatic N) is 1. The predicted molar refractivity (Wildman–Crippen MR) is 80.3 cm³/mol. The van der Waals surface area contributed by atoms with Crippen LogP contribution in [0.3, 0.4) is 0 Å². The molecule has 0 aliphatic carbocycles. The van der Waals surface area contributed by atoms with Gasteiger partial charge >= 0.3 is 0 Å². The lowest BCUT2D eigenvalue weighted by Crippen LogP contribution is -2.52. The average molecular weight is 268 g/mol. The van der Waals surface area contributed by atoms with Crippen LogP contribution in [0.15, 0.2) is 0 Å². The van der Waals surface area contributed by atoms with Crippen molar-refractivity contribution in [1.82, 2.24) is 10.2 Å². The Labute approximate surface area is 116 Å². The number of hydrogen-bond acceptors (Lipinski definition) is 3. The van der Waals surface area contributed by atoms with Crippen LogP contribution in [-0.4, -0.2) is 46.6 Å². The highest BCUT2D eigenvalue weighted by Crippen LogP contribution is 2.35. The van der Waals surface area contributed by atoms with E-state index in [2.05, 4.69) is 35.8 Å². The van der Waals surface area contributed by atoms with Gasteiger partial charge in [-0.3, -0.25) is 4.90 Å². The van der Waals surface area contributed by atoms with Crippen LogP contribution in [0.4, 0.5) is 0 Å². The van der Waals surface area contributed by atoms with Crippen molar-refractivity contribution in [2.75, 3.05) is 12.3 Å². The third-order valence-corrected chi connectivity index (χ3v) is 6.38. The van der Waals surface area contributed by atoms with E-state index in [1.807, 2.05) is 0 Å². The van der Waals surface area contributed by atoms with Crippen molar-refractivity contribution in [3.63, 3.8) is 0 Å². The zero-order valence-electron chi connectivity index (χ0n) is 11.9. The number of piperidine rings is 1. The Hall–Kier alpha value is 0.270. The van der Waals surface area contributed by atoms with Gasteiger partial charge in [-0.1, -0.05) is 13.8 Å².